The van der Waals surface area contributed by atoms with Crippen LogP contribution in [0.1, 0.15) is 76.1 Å². The van der Waals surface area contributed by atoms with Crippen LogP contribution in [0.4, 0.5) is 0 Å². The molecule has 0 radical (unpaired) electrons. The van der Waals surface area contributed by atoms with E-state index < -0.39 is 6.10 Å². The van der Waals surface area contributed by atoms with Gasteiger partial charge in [-0.05, 0) is 119 Å². The average Bonchev–Trinajstić information content (AvgIpc) is 3.18. The molecule has 0 aliphatic heterocycles. The van der Waals surface area contributed by atoms with E-state index in [1.54, 1.807) is 0 Å². The van der Waals surface area contributed by atoms with Crippen LogP contribution in [0, 0.1) is 40.4 Å². The molecule has 0 bridgehead atoms. The van der Waals surface area contributed by atoms with Crippen molar-refractivity contribution in [3.63, 3.8) is 0 Å². The average molecular weight is 465 g/mol. The van der Waals surface area contributed by atoms with Crippen molar-refractivity contribution in [2.24, 2.45) is 40.4 Å². The fraction of sp³-hybridized carbons (Fsp3) is 0.700. The zero-order chi connectivity index (χ0) is 24.3. The molecule has 0 spiro atoms. The maximum Gasteiger partial charge on any atom is 0.255 e. The van der Waals surface area contributed by atoms with Crippen molar-refractivity contribution in [3.8, 4) is 0 Å². The second-order valence-electron chi connectivity index (χ2n) is 12.6. The number of fused-ring (bicyclic) bond motifs is 5. The van der Waals surface area contributed by atoms with Crippen LogP contribution in [-0.2, 0) is 0 Å². The second kappa shape index (κ2) is 8.78. The topological polar surface area (TPSA) is 52.6 Å². The molecule has 3 fully saturated rings. The number of carbonyl (C=O) groups is 1. The lowest BCUT2D eigenvalue weighted by Gasteiger charge is -2.61. The number of nitrogens with one attached hydrogen (secondary N) is 1. The van der Waals surface area contributed by atoms with Gasteiger partial charge in [-0.15, -0.1) is 0 Å². The Labute approximate surface area is 206 Å². The van der Waals surface area contributed by atoms with Crippen LogP contribution in [-0.4, -0.2) is 42.2 Å². The number of benzene rings is 1. The quantitative estimate of drug-likeness (QED) is 0.619. The van der Waals surface area contributed by atoms with Crippen molar-refractivity contribution in [2.75, 3.05) is 14.1 Å². The number of hydrogen-bond acceptors (Lipinski definition) is 3. The Bertz CT molecular complexity index is 942. The maximum atomic E-state index is 12.8. The van der Waals surface area contributed by atoms with E-state index in [0.717, 1.165) is 36.3 Å². The minimum absolute atomic E-state index is 0.121. The lowest BCUT2D eigenvalue weighted by molar-refractivity contribution is -0.125. The molecule has 1 aromatic carbocycles. The van der Waals surface area contributed by atoms with Crippen molar-refractivity contribution in [1.29, 1.82) is 0 Å². The van der Waals surface area contributed by atoms with E-state index in [1.807, 2.05) is 30.3 Å². The number of aliphatic hydroxyl groups excluding tert-OH is 1. The number of aliphatic hydroxyl groups is 1. The largest absolute Gasteiger partial charge is 0.387 e. The molecule has 0 heterocycles. The molecule has 34 heavy (non-hydrogen) atoms. The standard InChI is InChI=1S/C30H44N2O2/c1-19(32(4)5)22-13-14-23-21-11-12-25-27(33)26(31-28(34)20-9-7-6-8-10-20)16-18-30(25,3)24(21)15-17-29(22,23)2/h6-10,16,19,21-25,27,33H,11-15,17-18H2,1-5H3,(H,31,34)/t19-,21-,22+,23-,24+,25-,27+,29+,30+/m0/s1. The highest BCUT2D eigenvalue weighted by atomic mass is 16.3. The summed E-state index contributed by atoms with van der Waals surface area (Å²) in [4.78, 5) is 15.2. The molecular weight excluding hydrogens is 420 g/mol. The lowest BCUT2D eigenvalue weighted by atomic mass is 9.44. The van der Waals surface area contributed by atoms with E-state index in [2.05, 4.69) is 51.2 Å². The smallest absolute Gasteiger partial charge is 0.255 e. The van der Waals surface area contributed by atoms with E-state index in [-0.39, 0.29) is 17.2 Å². The molecule has 9 atom stereocenters. The van der Waals surface area contributed by atoms with E-state index >= 15 is 0 Å². The van der Waals surface area contributed by atoms with Crippen LogP contribution in [0.3, 0.4) is 0 Å². The summed E-state index contributed by atoms with van der Waals surface area (Å²) in [6.45, 7) is 7.48. The molecule has 0 aromatic heterocycles. The molecule has 1 aromatic rings. The van der Waals surface area contributed by atoms with E-state index in [0.29, 0.717) is 22.9 Å². The van der Waals surface area contributed by atoms with E-state index in [9.17, 15) is 9.90 Å². The number of allylic oxidation sites excluding steroid dienone is 1. The van der Waals surface area contributed by atoms with Crippen molar-refractivity contribution >= 4 is 5.91 Å². The Kier molecular flexibility index (Phi) is 6.21. The van der Waals surface area contributed by atoms with Crippen molar-refractivity contribution in [2.45, 2.75) is 77.9 Å². The fourth-order valence-electron chi connectivity index (χ4n) is 9.08. The normalized spacial score (nSPS) is 42.3. The molecule has 5 rings (SSSR count). The molecule has 1 amide bonds. The molecule has 2 N–H and O–H groups in total. The number of nitrogens with zero attached hydrogens (tertiary/aromatic N) is 1. The summed E-state index contributed by atoms with van der Waals surface area (Å²) >= 11 is 0. The monoisotopic (exact) mass is 464 g/mol. The Hall–Kier alpha value is -1.65. The van der Waals surface area contributed by atoms with Gasteiger partial charge in [-0.1, -0.05) is 38.1 Å². The number of amides is 1. The summed E-state index contributed by atoms with van der Waals surface area (Å²) in [5.41, 5.74) is 1.93. The van der Waals surface area contributed by atoms with Gasteiger partial charge in [0, 0.05) is 17.3 Å². The van der Waals surface area contributed by atoms with Gasteiger partial charge in [-0.3, -0.25) is 4.79 Å². The first-order valence-corrected chi connectivity index (χ1v) is 13.6. The maximum absolute atomic E-state index is 12.8. The molecule has 4 nitrogen and oxygen atoms in total. The molecule has 0 saturated heterocycles. The molecular formula is C30H44N2O2. The summed E-state index contributed by atoms with van der Waals surface area (Å²) in [6, 6.07) is 9.95. The van der Waals surface area contributed by atoms with Gasteiger partial charge in [0.05, 0.1) is 6.10 Å². The highest BCUT2D eigenvalue weighted by Crippen LogP contribution is 2.67. The fourth-order valence-corrected chi connectivity index (χ4v) is 9.08. The van der Waals surface area contributed by atoms with Gasteiger partial charge in [0.2, 0.25) is 0 Å². The summed E-state index contributed by atoms with van der Waals surface area (Å²) in [7, 11) is 4.48. The number of hydrogen-bond donors (Lipinski definition) is 2. The van der Waals surface area contributed by atoms with Gasteiger partial charge in [-0.25, -0.2) is 0 Å². The van der Waals surface area contributed by atoms with Crippen LogP contribution in [0.15, 0.2) is 42.1 Å². The van der Waals surface area contributed by atoms with E-state index in [1.165, 1.54) is 32.1 Å². The van der Waals surface area contributed by atoms with Crippen LogP contribution >= 0.6 is 0 Å². The summed E-state index contributed by atoms with van der Waals surface area (Å²) in [6.07, 6.45) is 10.2. The van der Waals surface area contributed by atoms with Gasteiger partial charge in [0.1, 0.15) is 0 Å². The van der Waals surface area contributed by atoms with Gasteiger partial charge in [-0.2, -0.15) is 0 Å². The third-order valence-electron chi connectivity index (χ3n) is 11.2. The van der Waals surface area contributed by atoms with E-state index in [4.69, 9.17) is 0 Å². The van der Waals surface area contributed by atoms with Crippen molar-refractivity contribution in [1.82, 2.24) is 10.2 Å². The first-order valence-electron chi connectivity index (χ1n) is 13.6. The van der Waals surface area contributed by atoms with Crippen molar-refractivity contribution in [3.05, 3.63) is 47.7 Å². The Morgan fingerprint density at radius 1 is 1.00 bits per heavy atom. The van der Waals surface area contributed by atoms with Gasteiger partial charge < -0.3 is 15.3 Å². The number of rotatable bonds is 4. The molecule has 186 valence electrons. The van der Waals surface area contributed by atoms with Gasteiger partial charge in [0.15, 0.2) is 0 Å². The van der Waals surface area contributed by atoms with Crippen LogP contribution in [0.2, 0.25) is 0 Å². The Morgan fingerprint density at radius 3 is 2.38 bits per heavy atom. The molecule has 4 heteroatoms. The molecule has 0 unspecified atom stereocenters. The van der Waals surface area contributed by atoms with Crippen molar-refractivity contribution < 1.29 is 9.90 Å². The predicted molar refractivity (Wildman–Crippen MR) is 137 cm³/mol. The zero-order valence-electron chi connectivity index (χ0n) is 21.8. The minimum Gasteiger partial charge on any atom is -0.387 e. The zero-order valence-corrected chi connectivity index (χ0v) is 21.8. The van der Waals surface area contributed by atoms with Gasteiger partial charge in [0.25, 0.3) is 5.91 Å². The lowest BCUT2D eigenvalue weighted by Crippen LogP contribution is -2.57. The SMILES string of the molecule is C[C@@H]([C@H]1CC[C@H]2[C@@H]3CC[C@H]4[C@@H](O)C(NC(=O)c5ccccc5)=CC[C@]4(C)[C@@H]3CC[C@]12C)N(C)C. The summed E-state index contributed by atoms with van der Waals surface area (Å²) in [5.74, 6) is 3.17. The Morgan fingerprint density at radius 2 is 1.68 bits per heavy atom. The summed E-state index contributed by atoms with van der Waals surface area (Å²) < 4.78 is 0. The minimum atomic E-state index is -0.578. The van der Waals surface area contributed by atoms with Crippen LogP contribution in [0.25, 0.3) is 0 Å². The molecule has 3 saturated carbocycles. The van der Waals surface area contributed by atoms with Crippen LogP contribution in [0.5, 0.6) is 0 Å². The van der Waals surface area contributed by atoms with Gasteiger partial charge >= 0.3 is 0 Å². The first kappa shape index (κ1) is 24.1. The Balaban J connectivity index is 1.35. The summed E-state index contributed by atoms with van der Waals surface area (Å²) in [5, 5.41) is 14.5. The third kappa shape index (κ3) is 3.67. The highest BCUT2D eigenvalue weighted by molar-refractivity contribution is 5.95. The third-order valence-corrected chi connectivity index (χ3v) is 11.2. The highest BCUT2D eigenvalue weighted by Gasteiger charge is 2.61. The number of carbonyl (C=O) groups excluding carboxylic acids is 1. The molecule has 4 aliphatic carbocycles. The predicted octanol–water partition coefficient (Wildman–Crippen LogP) is 5.49. The van der Waals surface area contributed by atoms with Crippen LogP contribution < -0.4 is 5.32 Å². The first-order chi connectivity index (χ1) is 16.2. The second-order valence-corrected chi connectivity index (χ2v) is 12.6. The molecule has 4 aliphatic rings.